The number of hydrogen-bond donors (Lipinski definition) is 1. The van der Waals surface area contributed by atoms with E-state index in [4.69, 9.17) is 11.6 Å². The monoisotopic (exact) mass is 633 g/mol. The number of nitrogens with one attached hydrogen (secondary N) is 1. The Morgan fingerprint density at radius 2 is 1.59 bits per heavy atom. The molecule has 2 amide bonds. The van der Waals surface area contributed by atoms with Gasteiger partial charge in [0.2, 0.25) is 21.8 Å². The van der Waals surface area contributed by atoms with E-state index in [1.54, 1.807) is 24.3 Å². The molecule has 0 saturated carbocycles. The molecule has 0 aliphatic rings. The van der Waals surface area contributed by atoms with Crippen LogP contribution in [0.4, 0.5) is 5.69 Å². The van der Waals surface area contributed by atoms with Crippen LogP contribution in [0.2, 0.25) is 5.02 Å². The molecule has 39 heavy (non-hydrogen) atoms. The highest BCUT2D eigenvalue weighted by molar-refractivity contribution is 9.10. The number of sulfonamides is 1. The zero-order chi connectivity index (χ0) is 28.6. The molecule has 0 saturated heterocycles. The first-order chi connectivity index (χ1) is 18.4. The lowest BCUT2D eigenvalue weighted by molar-refractivity contribution is -0.140. The Morgan fingerprint density at radius 3 is 2.18 bits per heavy atom. The summed E-state index contributed by atoms with van der Waals surface area (Å²) in [6, 6.07) is 22.3. The minimum absolute atomic E-state index is 0.114. The van der Waals surface area contributed by atoms with Crippen molar-refractivity contribution in [1.82, 2.24) is 10.2 Å². The number of benzene rings is 3. The number of carbonyl (C=O) groups is 2. The van der Waals surface area contributed by atoms with Crippen molar-refractivity contribution < 1.29 is 18.0 Å². The number of anilines is 1. The largest absolute Gasteiger partial charge is 0.354 e. The number of nitrogens with zero attached hydrogens (tertiary/aromatic N) is 2. The normalized spacial score (nSPS) is 12.2. The first-order valence-corrected chi connectivity index (χ1v) is 15.5. The summed E-state index contributed by atoms with van der Waals surface area (Å²) in [5, 5.41) is 3.41. The predicted molar refractivity (Wildman–Crippen MR) is 160 cm³/mol. The fourth-order valence-electron chi connectivity index (χ4n) is 4.03. The van der Waals surface area contributed by atoms with E-state index >= 15 is 0 Å². The van der Waals surface area contributed by atoms with E-state index < -0.39 is 28.5 Å². The molecule has 0 bridgehead atoms. The van der Waals surface area contributed by atoms with Gasteiger partial charge >= 0.3 is 0 Å². The summed E-state index contributed by atoms with van der Waals surface area (Å²) in [6.07, 6.45) is 1.31. The van der Waals surface area contributed by atoms with Gasteiger partial charge in [0.15, 0.2) is 0 Å². The third-order valence-corrected chi connectivity index (χ3v) is 7.88. The van der Waals surface area contributed by atoms with Gasteiger partial charge in [-0.25, -0.2) is 8.42 Å². The van der Waals surface area contributed by atoms with Gasteiger partial charge < -0.3 is 10.2 Å². The second-order valence-corrected chi connectivity index (χ2v) is 13.0. The Labute approximate surface area is 244 Å². The standard InChI is InChI=1S/C29H33BrClN3O4S/c1-21(2)18-32-29(36)27(17-22-8-5-4-6-9-22)33(19-23-10-7-11-24(30)16-23)28(35)20-34(39(3,37)38)26-14-12-25(31)13-15-26/h4-16,21,27H,17-20H2,1-3H3,(H,32,36)/t27-/m1/s1. The lowest BCUT2D eigenvalue weighted by atomic mass is 10.0. The highest BCUT2D eigenvalue weighted by atomic mass is 79.9. The molecular weight excluding hydrogens is 602 g/mol. The first kappa shape index (κ1) is 30.7. The highest BCUT2D eigenvalue weighted by Gasteiger charge is 2.33. The summed E-state index contributed by atoms with van der Waals surface area (Å²) < 4.78 is 27.4. The van der Waals surface area contributed by atoms with Crippen LogP contribution in [0.1, 0.15) is 25.0 Å². The number of rotatable bonds is 12. The molecule has 3 aromatic rings. The second-order valence-electron chi connectivity index (χ2n) is 9.74. The summed E-state index contributed by atoms with van der Waals surface area (Å²) in [7, 11) is -3.83. The van der Waals surface area contributed by atoms with Gasteiger partial charge in [0, 0.05) is 29.0 Å². The Hall–Kier alpha value is -2.88. The quantitative estimate of drug-likeness (QED) is 0.294. The van der Waals surface area contributed by atoms with Gasteiger partial charge in [0.05, 0.1) is 11.9 Å². The highest BCUT2D eigenvalue weighted by Crippen LogP contribution is 2.23. The van der Waals surface area contributed by atoms with Crippen LogP contribution < -0.4 is 9.62 Å². The van der Waals surface area contributed by atoms with Crippen LogP contribution in [0.25, 0.3) is 0 Å². The number of halogens is 2. The minimum Gasteiger partial charge on any atom is -0.354 e. The zero-order valence-electron chi connectivity index (χ0n) is 22.2. The maximum atomic E-state index is 14.0. The summed E-state index contributed by atoms with van der Waals surface area (Å²) in [4.78, 5) is 29.1. The predicted octanol–water partition coefficient (Wildman–Crippen LogP) is 5.28. The maximum absolute atomic E-state index is 14.0. The summed E-state index contributed by atoms with van der Waals surface area (Å²) >= 11 is 9.48. The summed E-state index contributed by atoms with van der Waals surface area (Å²) in [6.45, 7) is 4.07. The van der Waals surface area contributed by atoms with E-state index in [1.165, 1.54) is 4.90 Å². The van der Waals surface area contributed by atoms with Gasteiger partial charge in [-0.3, -0.25) is 13.9 Å². The smallest absolute Gasteiger partial charge is 0.244 e. The maximum Gasteiger partial charge on any atom is 0.244 e. The zero-order valence-corrected chi connectivity index (χ0v) is 25.3. The molecule has 0 radical (unpaired) electrons. The van der Waals surface area contributed by atoms with Crippen molar-refractivity contribution in [3.63, 3.8) is 0 Å². The van der Waals surface area contributed by atoms with Gasteiger partial charge in [0.25, 0.3) is 0 Å². The summed E-state index contributed by atoms with van der Waals surface area (Å²) in [5.74, 6) is -0.588. The minimum atomic E-state index is -3.83. The molecule has 3 rings (SSSR count). The molecular formula is C29H33BrClN3O4S. The molecule has 0 aliphatic carbocycles. The van der Waals surface area contributed by atoms with E-state index in [1.807, 2.05) is 68.4 Å². The van der Waals surface area contributed by atoms with Crippen LogP contribution >= 0.6 is 27.5 Å². The van der Waals surface area contributed by atoms with Crippen LogP contribution in [-0.2, 0) is 32.6 Å². The molecule has 1 atom stereocenters. The van der Waals surface area contributed by atoms with Crippen LogP contribution in [0.5, 0.6) is 0 Å². The topological polar surface area (TPSA) is 86.8 Å². The Balaban J connectivity index is 2.04. The fourth-order valence-corrected chi connectivity index (χ4v) is 5.45. The van der Waals surface area contributed by atoms with Crippen molar-refractivity contribution in [3.8, 4) is 0 Å². The molecule has 1 N–H and O–H groups in total. The number of amides is 2. The summed E-state index contributed by atoms with van der Waals surface area (Å²) in [5.41, 5.74) is 1.98. The van der Waals surface area contributed by atoms with Gasteiger partial charge in [0.1, 0.15) is 12.6 Å². The third kappa shape index (κ3) is 9.37. The molecule has 208 valence electrons. The van der Waals surface area contributed by atoms with Crippen molar-refractivity contribution in [3.05, 3.63) is 99.5 Å². The van der Waals surface area contributed by atoms with Crippen molar-refractivity contribution in [1.29, 1.82) is 0 Å². The Kier molecular flexibility index (Phi) is 11.0. The van der Waals surface area contributed by atoms with Gasteiger partial charge in [-0.05, 0) is 53.4 Å². The van der Waals surface area contributed by atoms with E-state index in [2.05, 4.69) is 21.2 Å². The lowest BCUT2D eigenvalue weighted by Crippen LogP contribution is -2.53. The molecule has 7 nitrogen and oxygen atoms in total. The second kappa shape index (κ2) is 14.0. The number of carbonyl (C=O) groups excluding carboxylic acids is 2. The van der Waals surface area contributed by atoms with Crippen molar-refractivity contribution >= 4 is 55.1 Å². The van der Waals surface area contributed by atoms with Gasteiger partial charge in [-0.2, -0.15) is 0 Å². The third-order valence-electron chi connectivity index (χ3n) is 5.99. The van der Waals surface area contributed by atoms with Gasteiger partial charge in [-0.15, -0.1) is 0 Å². The molecule has 0 heterocycles. The molecule has 0 fully saturated rings. The molecule has 10 heteroatoms. The molecule has 0 spiro atoms. The Bertz CT molecular complexity index is 1370. The SMILES string of the molecule is CC(C)CNC(=O)[C@@H](Cc1ccccc1)N(Cc1cccc(Br)c1)C(=O)CN(c1ccc(Cl)cc1)S(C)(=O)=O. The van der Waals surface area contributed by atoms with Crippen LogP contribution in [0.15, 0.2) is 83.3 Å². The molecule has 0 aliphatic heterocycles. The molecule has 3 aromatic carbocycles. The van der Waals surface area contributed by atoms with E-state index in [0.717, 1.165) is 26.2 Å². The Morgan fingerprint density at radius 1 is 0.949 bits per heavy atom. The van der Waals surface area contributed by atoms with E-state index in [0.29, 0.717) is 17.3 Å². The molecule has 0 aromatic heterocycles. The average Bonchev–Trinajstić information content (AvgIpc) is 2.88. The van der Waals surface area contributed by atoms with Crippen LogP contribution in [-0.4, -0.2) is 50.5 Å². The van der Waals surface area contributed by atoms with Crippen LogP contribution in [0.3, 0.4) is 0 Å². The van der Waals surface area contributed by atoms with E-state index in [-0.39, 0.29) is 24.8 Å². The van der Waals surface area contributed by atoms with Crippen molar-refractivity contribution in [2.24, 2.45) is 5.92 Å². The van der Waals surface area contributed by atoms with Crippen molar-refractivity contribution in [2.45, 2.75) is 32.9 Å². The number of hydrogen-bond acceptors (Lipinski definition) is 4. The van der Waals surface area contributed by atoms with E-state index in [9.17, 15) is 18.0 Å². The molecule has 0 unspecified atom stereocenters. The van der Waals surface area contributed by atoms with Crippen LogP contribution in [0, 0.1) is 5.92 Å². The first-order valence-electron chi connectivity index (χ1n) is 12.5. The lowest BCUT2D eigenvalue weighted by Gasteiger charge is -2.33. The average molecular weight is 635 g/mol. The van der Waals surface area contributed by atoms with Crippen molar-refractivity contribution in [2.75, 3.05) is 23.7 Å². The van der Waals surface area contributed by atoms with Gasteiger partial charge in [-0.1, -0.05) is 83.8 Å². The fraction of sp³-hybridized carbons (Fsp3) is 0.310.